The number of para-hydroxylation sites is 1. The molecule has 0 radical (unpaired) electrons. The zero-order valence-corrected chi connectivity index (χ0v) is 11.7. The van der Waals surface area contributed by atoms with E-state index in [4.69, 9.17) is 15.4 Å². The Balaban J connectivity index is 1.72. The summed E-state index contributed by atoms with van der Waals surface area (Å²) in [6.07, 6.45) is 1.80. The minimum atomic E-state index is -0.482. The van der Waals surface area contributed by atoms with E-state index < -0.39 is 6.04 Å². The highest BCUT2D eigenvalue weighted by atomic mass is 16.3. The number of benzene rings is 1. The molecule has 2 atom stereocenters. The van der Waals surface area contributed by atoms with Crippen LogP contribution in [-0.2, 0) is 4.79 Å². The molecule has 2 aromatic rings. The third kappa shape index (κ3) is 2.63. The molecular formula is C16H17N3O2. The molecule has 1 aromatic heterocycles. The fourth-order valence-electron chi connectivity index (χ4n) is 2.79. The molecule has 0 spiro atoms. The van der Waals surface area contributed by atoms with Crippen LogP contribution in [0.1, 0.15) is 31.1 Å². The van der Waals surface area contributed by atoms with Crippen molar-refractivity contribution in [2.45, 2.75) is 31.3 Å². The van der Waals surface area contributed by atoms with Gasteiger partial charge in [-0.2, -0.15) is 5.26 Å². The van der Waals surface area contributed by atoms with Gasteiger partial charge in [0.05, 0.1) is 12.1 Å². The van der Waals surface area contributed by atoms with E-state index in [0.717, 1.165) is 23.8 Å². The van der Waals surface area contributed by atoms with Gasteiger partial charge in [0.25, 0.3) is 0 Å². The molecule has 2 heterocycles. The molecule has 0 bridgehead atoms. The summed E-state index contributed by atoms with van der Waals surface area (Å²) in [6, 6.07) is 10.9. The van der Waals surface area contributed by atoms with Crippen LogP contribution in [0.3, 0.4) is 0 Å². The van der Waals surface area contributed by atoms with Crippen LogP contribution in [0, 0.1) is 11.3 Å². The van der Waals surface area contributed by atoms with E-state index >= 15 is 0 Å². The summed E-state index contributed by atoms with van der Waals surface area (Å²) in [5.41, 5.74) is 6.86. The van der Waals surface area contributed by atoms with E-state index in [-0.39, 0.29) is 18.4 Å². The van der Waals surface area contributed by atoms with E-state index in [1.165, 1.54) is 0 Å². The SMILES string of the molecule is N#CC1CCCN1C(=O)CC(N)c1cc2ccccc2o1. The molecule has 0 saturated carbocycles. The maximum absolute atomic E-state index is 12.3. The molecular weight excluding hydrogens is 266 g/mol. The predicted octanol–water partition coefficient (Wildman–Crippen LogP) is 2.34. The van der Waals surface area contributed by atoms with Crippen LogP contribution in [0.25, 0.3) is 11.0 Å². The average molecular weight is 283 g/mol. The molecule has 1 aliphatic rings. The first-order valence-electron chi connectivity index (χ1n) is 7.12. The maximum Gasteiger partial charge on any atom is 0.225 e. The first kappa shape index (κ1) is 13.7. The molecule has 1 fully saturated rings. The largest absolute Gasteiger partial charge is 0.459 e. The summed E-state index contributed by atoms with van der Waals surface area (Å²) in [7, 11) is 0. The van der Waals surface area contributed by atoms with Gasteiger partial charge in [-0.15, -0.1) is 0 Å². The van der Waals surface area contributed by atoms with E-state index in [9.17, 15) is 4.79 Å². The van der Waals surface area contributed by atoms with Crippen LogP contribution in [0.5, 0.6) is 0 Å². The summed E-state index contributed by atoms with van der Waals surface area (Å²) >= 11 is 0. The highest BCUT2D eigenvalue weighted by Gasteiger charge is 2.30. The molecule has 1 aromatic carbocycles. The van der Waals surface area contributed by atoms with Crippen LogP contribution in [0.15, 0.2) is 34.7 Å². The van der Waals surface area contributed by atoms with Gasteiger partial charge < -0.3 is 15.1 Å². The van der Waals surface area contributed by atoms with E-state index in [1.807, 2.05) is 30.3 Å². The van der Waals surface area contributed by atoms with Gasteiger partial charge in [-0.1, -0.05) is 18.2 Å². The van der Waals surface area contributed by atoms with Crippen LogP contribution < -0.4 is 5.73 Å². The number of fused-ring (bicyclic) bond motifs is 1. The lowest BCUT2D eigenvalue weighted by atomic mass is 10.1. The van der Waals surface area contributed by atoms with Gasteiger partial charge in [-0.25, -0.2) is 0 Å². The topological polar surface area (TPSA) is 83.3 Å². The number of nitrogens with two attached hydrogens (primary N) is 1. The van der Waals surface area contributed by atoms with Crippen molar-refractivity contribution in [1.29, 1.82) is 5.26 Å². The Kier molecular flexibility index (Phi) is 3.63. The highest BCUT2D eigenvalue weighted by Crippen LogP contribution is 2.26. The van der Waals surface area contributed by atoms with Crippen molar-refractivity contribution < 1.29 is 9.21 Å². The summed E-state index contributed by atoms with van der Waals surface area (Å²) < 4.78 is 5.69. The quantitative estimate of drug-likeness (QED) is 0.937. The number of amides is 1. The molecule has 1 aliphatic heterocycles. The Morgan fingerprint density at radius 2 is 2.33 bits per heavy atom. The van der Waals surface area contributed by atoms with Crippen LogP contribution in [-0.4, -0.2) is 23.4 Å². The Morgan fingerprint density at radius 1 is 1.52 bits per heavy atom. The monoisotopic (exact) mass is 283 g/mol. The molecule has 2 unspecified atom stereocenters. The smallest absolute Gasteiger partial charge is 0.225 e. The van der Waals surface area contributed by atoms with Crippen LogP contribution in [0.4, 0.5) is 0 Å². The van der Waals surface area contributed by atoms with Crippen molar-refractivity contribution in [3.05, 3.63) is 36.1 Å². The van der Waals surface area contributed by atoms with Gasteiger partial charge in [0.15, 0.2) is 0 Å². The molecule has 2 N–H and O–H groups in total. The number of nitrogens with zero attached hydrogens (tertiary/aromatic N) is 2. The Morgan fingerprint density at radius 3 is 3.10 bits per heavy atom. The number of likely N-dealkylation sites (tertiary alicyclic amines) is 1. The fourth-order valence-corrected chi connectivity index (χ4v) is 2.79. The number of nitriles is 1. The number of hydrogen-bond donors (Lipinski definition) is 1. The Bertz CT molecular complexity index is 668. The Labute approximate surface area is 122 Å². The third-order valence-electron chi connectivity index (χ3n) is 3.93. The van der Waals surface area contributed by atoms with Gasteiger partial charge in [0, 0.05) is 18.4 Å². The lowest BCUT2D eigenvalue weighted by molar-refractivity contribution is -0.131. The standard InChI is InChI=1S/C16H17N3O2/c17-10-12-5-3-7-19(12)16(20)9-13(18)15-8-11-4-1-2-6-14(11)21-15/h1-2,4,6,8,12-13H,3,5,7,9,18H2. The highest BCUT2D eigenvalue weighted by molar-refractivity contribution is 5.80. The van der Waals surface area contributed by atoms with Gasteiger partial charge in [0.1, 0.15) is 17.4 Å². The van der Waals surface area contributed by atoms with E-state index in [0.29, 0.717) is 12.3 Å². The van der Waals surface area contributed by atoms with Gasteiger partial charge >= 0.3 is 0 Å². The molecule has 5 heteroatoms. The van der Waals surface area contributed by atoms with Crippen molar-refractivity contribution in [3.8, 4) is 6.07 Å². The molecule has 5 nitrogen and oxygen atoms in total. The molecule has 1 amide bonds. The number of carbonyl (C=O) groups is 1. The number of rotatable bonds is 3. The number of carbonyl (C=O) groups excluding carboxylic acids is 1. The summed E-state index contributed by atoms with van der Waals surface area (Å²) in [6.45, 7) is 0.643. The maximum atomic E-state index is 12.3. The minimum Gasteiger partial charge on any atom is -0.459 e. The van der Waals surface area contributed by atoms with Crippen molar-refractivity contribution in [2.24, 2.45) is 5.73 Å². The first-order valence-corrected chi connectivity index (χ1v) is 7.12. The molecule has 3 rings (SSSR count). The molecule has 108 valence electrons. The minimum absolute atomic E-state index is 0.0768. The van der Waals surface area contributed by atoms with Gasteiger partial charge in [0.2, 0.25) is 5.91 Å². The van der Waals surface area contributed by atoms with E-state index in [2.05, 4.69) is 6.07 Å². The molecule has 21 heavy (non-hydrogen) atoms. The van der Waals surface area contributed by atoms with Gasteiger partial charge in [-0.05, 0) is 25.0 Å². The van der Waals surface area contributed by atoms with Gasteiger partial charge in [-0.3, -0.25) is 4.79 Å². The molecule has 0 aliphatic carbocycles. The van der Waals surface area contributed by atoms with Crippen molar-refractivity contribution in [1.82, 2.24) is 4.90 Å². The van der Waals surface area contributed by atoms with Crippen molar-refractivity contribution in [3.63, 3.8) is 0 Å². The van der Waals surface area contributed by atoms with Crippen molar-refractivity contribution >= 4 is 16.9 Å². The first-order chi connectivity index (χ1) is 10.2. The summed E-state index contributed by atoms with van der Waals surface area (Å²) in [5, 5.41) is 10.0. The second kappa shape index (κ2) is 5.58. The van der Waals surface area contributed by atoms with Crippen molar-refractivity contribution in [2.75, 3.05) is 6.54 Å². The average Bonchev–Trinajstić information content (AvgIpc) is 3.13. The summed E-state index contributed by atoms with van der Waals surface area (Å²) in [5.74, 6) is 0.532. The third-order valence-corrected chi connectivity index (χ3v) is 3.93. The van der Waals surface area contributed by atoms with Crippen LogP contribution >= 0.6 is 0 Å². The van der Waals surface area contributed by atoms with E-state index in [1.54, 1.807) is 4.90 Å². The predicted molar refractivity (Wildman–Crippen MR) is 78.1 cm³/mol. The second-order valence-electron chi connectivity index (χ2n) is 5.37. The number of hydrogen-bond acceptors (Lipinski definition) is 4. The Hall–Kier alpha value is -2.32. The second-order valence-corrected chi connectivity index (χ2v) is 5.37. The normalized spacial score (nSPS) is 19.6. The fraction of sp³-hybridized carbons (Fsp3) is 0.375. The van der Waals surface area contributed by atoms with Crippen LogP contribution in [0.2, 0.25) is 0 Å². The lowest BCUT2D eigenvalue weighted by Crippen LogP contribution is -2.36. The number of furan rings is 1. The summed E-state index contributed by atoms with van der Waals surface area (Å²) in [4.78, 5) is 13.9. The molecule has 1 saturated heterocycles. The zero-order chi connectivity index (χ0) is 14.8. The zero-order valence-electron chi connectivity index (χ0n) is 11.7. The lowest BCUT2D eigenvalue weighted by Gasteiger charge is -2.20.